The average Bonchev–Trinajstić information content (AvgIpc) is 2.91. The summed E-state index contributed by atoms with van der Waals surface area (Å²) in [5.74, 6) is -0.0625. The number of anilines is 2. The number of benzene rings is 1. The van der Waals surface area contributed by atoms with Crippen molar-refractivity contribution in [2.75, 3.05) is 17.2 Å². The van der Waals surface area contributed by atoms with Gasteiger partial charge in [0.1, 0.15) is 0 Å². The van der Waals surface area contributed by atoms with Crippen molar-refractivity contribution in [2.24, 2.45) is 5.73 Å². The van der Waals surface area contributed by atoms with Crippen LogP contribution in [0.4, 0.5) is 16.2 Å². The third-order valence-electron chi connectivity index (χ3n) is 3.34. The molecule has 5 N–H and O–H groups in total. The molecular formula is C14H20N4O2. The molecule has 1 fully saturated rings. The van der Waals surface area contributed by atoms with Gasteiger partial charge in [-0.2, -0.15) is 0 Å². The zero-order valence-corrected chi connectivity index (χ0v) is 11.3. The molecule has 108 valence electrons. The van der Waals surface area contributed by atoms with Crippen LogP contribution >= 0.6 is 0 Å². The van der Waals surface area contributed by atoms with Gasteiger partial charge in [-0.1, -0.05) is 12.8 Å². The molecule has 1 aromatic rings. The van der Waals surface area contributed by atoms with Crippen LogP contribution in [0, 0.1) is 0 Å². The smallest absolute Gasteiger partial charge is 0.316 e. The molecular weight excluding hydrogens is 256 g/mol. The maximum atomic E-state index is 11.8. The highest BCUT2D eigenvalue weighted by Gasteiger charge is 2.15. The molecule has 2 rings (SSSR count). The van der Waals surface area contributed by atoms with Crippen LogP contribution in [0.1, 0.15) is 25.7 Å². The molecule has 1 aliphatic carbocycles. The Balaban J connectivity index is 1.76. The predicted octanol–water partition coefficient (Wildman–Crippen LogP) is 1.65. The summed E-state index contributed by atoms with van der Waals surface area (Å²) in [5, 5.41) is 8.52. The first-order chi connectivity index (χ1) is 9.63. The Morgan fingerprint density at radius 3 is 2.15 bits per heavy atom. The van der Waals surface area contributed by atoms with Crippen LogP contribution in [0.15, 0.2) is 24.3 Å². The quantitative estimate of drug-likeness (QED) is 0.658. The first-order valence-corrected chi connectivity index (χ1v) is 6.83. The number of hydrogen-bond donors (Lipinski definition) is 4. The molecule has 0 atom stereocenters. The number of nitrogens with two attached hydrogens (primary N) is 1. The van der Waals surface area contributed by atoms with Gasteiger partial charge in [0.25, 0.3) is 0 Å². The Hall–Kier alpha value is -2.08. The summed E-state index contributed by atoms with van der Waals surface area (Å²) in [4.78, 5) is 22.4. The minimum absolute atomic E-state index is 0.0625. The van der Waals surface area contributed by atoms with Crippen LogP contribution in [-0.4, -0.2) is 24.5 Å². The molecule has 0 spiro atoms. The van der Waals surface area contributed by atoms with E-state index in [2.05, 4.69) is 16.0 Å². The zero-order valence-electron chi connectivity index (χ0n) is 11.3. The van der Waals surface area contributed by atoms with Crippen LogP contribution in [0.3, 0.4) is 0 Å². The number of rotatable bonds is 5. The number of hydrogen-bond acceptors (Lipinski definition) is 3. The lowest BCUT2D eigenvalue weighted by molar-refractivity contribution is -0.115. The fourth-order valence-corrected chi connectivity index (χ4v) is 2.35. The van der Waals surface area contributed by atoms with Gasteiger partial charge >= 0.3 is 6.03 Å². The van der Waals surface area contributed by atoms with Crippen LogP contribution in [0.25, 0.3) is 0 Å². The molecule has 6 heteroatoms. The molecule has 0 unspecified atom stereocenters. The van der Waals surface area contributed by atoms with E-state index in [1.54, 1.807) is 24.3 Å². The Bertz CT molecular complexity index is 467. The van der Waals surface area contributed by atoms with Crippen molar-refractivity contribution in [3.63, 3.8) is 0 Å². The number of amides is 3. The van der Waals surface area contributed by atoms with Crippen molar-refractivity contribution in [3.8, 4) is 0 Å². The second-order valence-electron chi connectivity index (χ2n) is 4.98. The van der Waals surface area contributed by atoms with E-state index in [0.717, 1.165) is 12.8 Å². The summed E-state index contributed by atoms with van der Waals surface area (Å²) in [6, 6.07) is 6.68. The lowest BCUT2D eigenvalue weighted by atomic mass is 10.2. The maximum absolute atomic E-state index is 11.8. The predicted molar refractivity (Wildman–Crippen MR) is 78.5 cm³/mol. The molecule has 3 amide bonds. The maximum Gasteiger partial charge on any atom is 0.316 e. The average molecular weight is 276 g/mol. The zero-order chi connectivity index (χ0) is 14.4. The van der Waals surface area contributed by atoms with Crippen molar-refractivity contribution < 1.29 is 9.59 Å². The van der Waals surface area contributed by atoms with Crippen molar-refractivity contribution >= 4 is 23.3 Å². The number of carbonyl (C=O) groups excluding carboxylic acids is 2. The van der Waals surface area contributed by atoms with Gasteiger partial charge in [0, 0.05) is 17.4 Å². The fraction of sp³-hybridized carbons (Fsp3) is 0.429. The van der Waals surface area contributed by atoms with E-state index in [1.807, 2.05) is 0 Å². The van der Waals surface area contributed by atoms with E-state index in [0.29, 0.717) is 24.0 Å². The topological polar surface area (TPSA) is 96.2 Å². The van der Waals surface area contributed by atoms with Gasteiger partial charge in [0.2, 0.25) is 5.91 Å². The summed E-state index contributed by atoms with van der Waals surface area (Å²) in [7, 11) is 0. The minimum Gasteiger partial charge on any atom is -0.351 e. The Morgan fingerprint density at radius 2 is 1.60 bits per heavy atom. The van der Waals surface area contributed by atoms with E-state index in [1.165, 1.54) is 12.8 Å². The first kappa shape index (κ1) is 14.3. The monoisotopic (exact) mass is 276 g/mol. The highest BCUT2D eigenvalue weighted by atomic mass is 16.2. The van der Waals surface area contributed by atoms with E-state index in [4.69, 9.17) is 5.73 Å². The van der Waals surface area contributed by atoms with Crippen LogP contribution in [-0.2, 0) is 4.79 Å². The molecule has 1 saturated carbocycles. The van der Waals surface area contributed by atoms with Gasteiger partial charge in [0.15, 0.2) is 0 Å². The van der Waals surface area contributed by atoms with Crippen molar-refractivity contribution in [1.82, 2.24) is 5.32 Å². The third kappa shape index (κ3) is 4.55. The van der Waals surface area contributed by atoms with E-state index >= 15 is 0 Å². The van der Waals surface area contributed by atoms with Crippen LogP contribution < -0.4 is 21.7 Å². The number of nitrogens with one attached hydrogen (secondary N) is 3. The van der Waals surface area contributed by atoms with Crippen molar-refractivity contribution in [2.45, 2.75) is 31.7 Å². The fourth-order valence-electron chi connectivity index (χ4n) is 2.35. The summed E-state index contributed by atoms with van der Waals surface area (Å²) in [5.41, 5.74) is 6.30. The number of primary amides is 1. The minimum atomic E-state index is -0.609. The SMILES string of the molecule is NC(=O)Nc1ccc(NC(=O)CNC2CCCC2)cc1. The van der Waals surface area contributed by atoms with Gasteiger partial charge in [-0.3, -0.25) is 4.79 Å². The molecule has 0 aromatic heterocycles. The van der Waals surface area contributed by atoms with Gasteiger partial charge in [0.05, 0.1) is 6.54 Å². The Labute approximate surface area is 118 Å². The highest BCUT2D eigenvalue weighted by Crippen LogP contribution is 2.17. The van der Waals surface area contributed by atoms with Crippen molar-refractivity contribution in [1.29, 1.82) is 0 Å². The largest absolute Gasteiger partial charge is 0.351 e. The number of urea groups is 1. The summed E-state index contributed by atoms with van der Waals surface area (Å²) in [6.07, 6.45) is 4.79. The molecule has 1 aliphatic rings. The van der Waals surface area contributed by atoms with Gasteiger partial charge in [-0.25, -0.2) is 4.79 Å². The van der Waals surface area contributed by atoms with E-state index in [9.17, 15) is 9.59 Å². The molecule has 0 radical (unpaired) electrons. The lowest BCUT2D eigenvalue weighted by Crippen LogP contribution is -2.34. The molecule has 1 aromatic carbocycles. The molecule has 0 saturated heterocycles. The van der Waals surface area contributed by atoms with E-state index in [-0.39, 0.29) is 5.91 Å². The highest BCUT2D eigenvalue weighted by molar-refractivity contribution is 5.93. The third-order valence-corrected chi connectivity index (χ3v) is 3.34. The van der Waals surface area contributed by atoms with Gasteiger partial charge in [-0.15, -0.1) is 0 Å². The Morgan fingerprint density at radius 1 is 1.05 bits per heavy atom. The van der Waals surface area contributed by atoms with Gasteiger partial charge < -0.3 is 21.7 Å². The summed E-state index contributed by atoms with van der Waals surface area (Å²) < 4.78 is 0. The second-order valence-corrected chi connectivity index (χ2v) is 4.98. The Kier molecular flexibility index (Phi) is 4.95. The molecule has 0 bridgehead atoms. The van der Waals surface area contributed by atoms with Crippen molar-refractivity contribution in [3.05, 3.63) is 24.3 Å². The second kappa shape index (κ2) is 6.91. The van der Waals surface area contributed by atoms with Gasteiger partial charge in [-0.05, 0) is 37.1 Å². The van der Waals surface area contributed by atoms with Crippen LogP contribution in [0.2, 0.25) is 0 Å². The standard InChI is InChI=1S/C14H20N4O2/c15-14(20)18-12-7-5-11(6-8-12)17-13(19)9-16-10-3-1-2-4-10/h5-8,10,16H,1-4,9H2,(H,17,19)(H3,15,18,20). The molecule has 20 heavy (non-hydrogen) atoms. The molecule has 6 nitrogen and oxygen atoms in total. The molecule has 0 heterocycles. The summed E-state index contributed by atoms with van der Waals surface area (Å²) >= 11 is 0. The number of carbonyl (C=O) groups is 2. The molecule has 0 aliphatic heterocycles. The van der Waals surface area contributed by atoms with Crippen LogP contribution in [0.5, 0.6) is 0 Å². The lowest BCUT2D eigenvalue weighted by Gasteiger charge is -2.12. The summed E-state index contributed by atoms with van der Waals surface area (Å²) in [6.45, 7) is 0.325. The first-order valence-electron chi connectivity index (χ1n) is 6.83. The normalized spacial score (nSPS) is 15.0. The van der Waals surface area contributed by atoms with E-state index < -0.39 is 6.03 Å².